The fourth-order valence-corrected chi connectivity index (χ4v) is 2.07. The van der Waals surface area contributed by atoms with Gasteiger partial charge in [0.1, 0.15) is 5.82 Å². The van der Waals surface area contributed by atoms with Crippen molar-refractivity contribution < 1.29 is 9.18 Å². The van der Waals surface area contributed by atoms with Gasteiger partial charge in [-0.05, 0) is 42.0 Å². The highest BCUT2D eigenvalue weighted by atomic mass is 35.5. The van der Waals surface area contributed by atoms with Gasteiger partial charge in [0.05, 0.1) is 16.5 Å². The van der Waals surface area contributed by atoms with E-state index in [1.807, 2.05) is 0 Å². The number of carbonyl (C=O) groups is 1. The Hall–Kier alpha value is -1.58. The lowest BCUT2D eigenvalue weighted by molar-refractivity contribution is -0.117. The molecule has 0 heterocycles. The molecule has 0 unspecified atom stereocenters. The predicted octanol–water partition coefficient (Wildman–Crippen LogP) is 4.34. The quantitative estimate of drug-likeness (QED) is 0.825. The topological polar surface area (TPSA) is 20.3 Å². The van der Waals surface area contributed by atoms with Gasteiger partial charge in [-0.2, -0.15) is 0 Å². The van der Waals surface area contributed by atoms with Gasteiger partial charge >= 0.3 is 0 Å². The molecule has 0 atom stereocenters. The molecule has 0 saturated heterocycles. The molecular weight excluding hydrogens is 300 g/mol. The first-order valence-corrected chi connectivity index (χ1v) is 6.69. The molecule has 2 aromatic carbocycles. The van der Waals surface area contributed by atoms with Crippen molar-refractivity contribution in [1.29, 1.82) is 0 Å². The zero-order valence-corrected chi connectivity index (χ0v) is 12.2. The zero-order valence-electron chi connectivity index (χ0n) is 10.7. The second-order valence-electron chi connectivity index (χ2n) is 4.35. The number of hydrogen-bond acceptors (Lipinski definition) is 1. The number of hydrogen-bond donors (Lipinski definition) is 0. The molecule has 0 N–H and O–H groups in total. The number of carbonyl (C=O) groups excluding carboxylic acids is 1. The van der Waals surface area contributed by atoms with Gasteiger partial charge in [0.25, 0.3) is 0 Å². The van der Waals surface area contributed by atoms with E-state index in [9.17, 15) is 9.18 Å². The second-order valence-corrected chi connectivity index (χ2v) is 5.17. The maximum atomic E-state index is 12.8. The van der Waals surface area contributed by atoms with Crippen LogP contribution in [0.4, 0.5) is 10.1 Å². The van der Waals surface area contributed by atoms with Crippen LogP contribution in [0.25, 0.3) is 0 Å². The van der Waals surface area contributed by atoms with Gasteiger partial charge in [-0.3, -0.25) is 4.79 Å². The Morgan fingerprint density at radius 1 is 1.10 bits per heavy atom. The van der Waals surface area contributed by atoms with Crippen LogP contribution in [0.3, 0.4) is 0 Å². The first-order chi connectivity index (χ1) is 9.47. The minimum atomic E-state index is -0.334. The molecule has 0 saturated carbocycles. The molecule has 0 fully saturated rings. The Labute approximate surface area is 126 Å². The van der Waals surface area contributed by atoms with E-state index in [0.29, 0.717) is 15.7 Å². The lowest BCUT2D eigenvalue weighted by atomic mass is 10.1. The summed E-state index contributed by atoms with van der Waals surface area (Å²) in [5.41, 5.74) is 1.41. The van der Waals surface area contributed by atoms with Crippen LogP contribution in [0.1, 0.15) is 5.56 Å². The van der Waals surface area contributed by atoms with Crippen molar-refractivity contribution in [1.82, 2.24) is 0 Å². The second kappa shape index (κ2) is 6.25. The van der Waals surface area contributed by atoms with Gasteiger partial charge in [0.2, 0.25) is 5.91 Å². The minimum absolute atomic E-state index is 0.116. The monoisotopic (exact) mass is 311 g/mol. The summed E-state index contributed by atoms with van der Waals surface area (Å²) in [5.74, 6) is -0.450. The Kier molecular flexibility index (Phi) is 4.63. The number of halogens is 3. The van der Waals surface area contributed by atoms with E-state index < -0.39 is 0 Å². The molecule has 0 aromatic heterocycles. The fourth-order valence-electron chi connectivity index (χ4n) is 1.75. The summed E-state index contributed by atoms with van der Waals surface area (Å²) in [4.78, 5) is 13.6. The van der Waals surface area contributed by atoms with Crippen LogP contribution < -0.4 is 4.90 Å². The van der Waals surface area contributed by atoms with Crippen LogP contribution >= 0.6 is 23.2 Å². The summed E-state index contributed by atoms with van der Waals surface area (Å²) in [5, 5.41) is 0.871. The van der Waals surface area contributed by atoms with Crippen molar-refractivity contribution in [3.8, 4) is 0 Å². The lowest BCUT2D eigenvalue weighted by Gasteiger charge is -2.17. The molecule has 1 amide bonds. The van der Waals surface area contributed by atoms with Crippen molar-refractivity contribution in [2.24, 2.45) is 0 Å². The maximum Gasteiger partial charge on any atom is 0.231 e. The van der Waals surface area contributed by atoms with Crippen LogP contribution in [-0.4, -0.2) is 13.0 Å². The van der Waals surface area contributed by atoms with Crippen LogP contribution in [0.15, 0.2) is 42.5 Å². The summed E-state index contributed by atoms with van der Waals surface area (Å²) in [6.07, 6.45) is 0.199. The number of likely N-dealkylation sites (N-methyl/N-ethyl adjacent to an activating group) is 1. The highest BCUT2D eigenvalue weighted by Gasteiger charge is 2.12. The molecule has 104 valence electrons. The third-order valence-electron chi connectivity index (χ3n) is 2.93. The molecule has 2 aromatic rings. The molecule has 0 bridgehead atoms. The average Bonchev–Trinajstić information content (AvgIpc) is 2.43. The van der Waals surface area contributed by atoms with E-state index >= 15 is 0 Å². The van der Waals surface area contributed by atoms with Gasteiger partial charge in [0, 0.05) is 12.7 Å². The predicted molar refractivity (Wildman–Crippen MR) is 80.0 cm³/mol. The molecule has 0 aliphatic carbocycles. The van der Waals surface area contributed by atoms with Crippen molar-refractivity contribution in [3.05, 3.63) is 63.9 Å². The molecule has 0 aliphatic rings. The number of nitrogens with zero attached hydrogens (tertiary/aromatic N) is 1. The van der Waals surface area contributed by atoms with Crippen molar-refractivity contribution in [3.63, 3.8) is 0 Å². The van der Waals surface area contributed by atoms with Gasteiger partial charge in [-0.15, -0.1) is 0 Å². The standard InChI is InChI=1S/C15H12Cl2FNO/c1-19(12-5-3-11(18)4-6-12)15(20)9-10-2-7-13(16)14(17)8-10/h2-8H,9H2,1H3. The van der Waals surface area contributed by atoms with Crippen LogP contribution in [0.2, 0.25) is 10.0 Å². The van der Waals surface area contributed by atoms with E-state index in [-0.39, 0.29) is 18.1 Å². The number of anilines is 1. The maximum absolute atomic E-state index is 12.8. The van der Waals surface area contributed by atoms with Crippen LogP contribution in [0.5, 0.6) is 0 Å². The number of benzene rings is 2. The number of rotatable bonds is 3. The first-order valence-electron chi connectivity index (χ1n) is 5.93. The average molecular weight is 312 g/mol. The van der Waals surface area contributed by atoms with Gasteiger partial charge in [0.15, 0.2) is 0 Å². The molecular formula is C15H12Cl2FNO. The smallest absolute Gasteiger partial charge is 0.231 e. The summed E-state index contributed by atoms with van der Waals surface area (Å²) < 4.78 is 12.8. The molecule has 5 heteroatoms. The Bertz CT molecular complexity index is 628. The normalized spacial score (nSPS) is 10.4. The first kappa shape index (κ1) is 14.8. The molecule has 2 rings (SSSR count). The van der Waals surface area contributed by atoms with E-state index in [1.165, 1.54) is 17.0 Å². The largest absolute Gasteiger partial charge is 0.315 e. The Morgan fingerprint density at radius 3 is 2.35 bits per heavy atom. The van der Waals surface area contributed by atoms with Crippen LogP contribution in [0, 0.1) is 5.82 Å². The lowest BCUT2D eigenvalue weighted by Crippen LogP contribution is -2.27. The molecule has 0 aliphatic heterocycles. The van der Waals surface area contributed by atoms with Gasteiger partial charge in [-0.25, -0.2) is 4.39 Å². The summed E-state index contributed by atoms with van der Waals surface area (Å²) in [7, 11) is 1.65. The van der Waals surface area contributed by atoms with Crippen molar-refractivity contribution >= 4 is 34.8 Å². The SMILES string of the molecule is CN(C(=O)Cc1ccc(Cl)c(Cl)c1)c1ccc(F)cc1. The summed E-state index contributed by atoms with van der Waals surface area (Å²) in [6.45, 7) is 0. The molecule has 2 nitrogen and oxygen atoms in total. The minimum Gasteiger partial charge on any atom is -0.315 e. The number of amides is 1. The van der Waals surface area contributed by atoms with Gasteiger partial charge < -0.3 is 4.90 Å². The van der Waals surface area contributed by atoms with E-state index in [0.717, 1.165) is 5.56 Å². The highest BCUT2D eigenvalue weighted by Crippen LogP contribution is 2.23. The van der Waals surface area contributed by atoms with E-state index in [1.54, 1.807) is 37.4 Å². The Morgan fingerprint density at radius 2 is 1.75 bits per heavy atom. The summed E-state index contributed by atoms with van der Waals surface area (Å²) >= 11 is 11.7. The Balaban J connectivity index is 2.11. The third-order valence-corrected chi connectivity index (χ3v) is 3.67. The van der Waals surface area contributed by atoms with Gasteiger partial charge in [-0.1, -0.05) is 29.3 Å². The molecule has 0 spiro atoms. The molecule has 0 radical (unpaired) electrons. The highest BCUT2D eigenvalue weighted by molar-refractivity contribution is 6.42. The van der Waals surface area contributed by atoms with E-state index in [4.69, 9.17) is 23.2 Å². The zero-order chi connectivity index (χ0) is 14.7. The summed E-state index contributed by atoms with van der Waals surface area (Å²) in [6, 6.07) is 10.8. The van der Waals surface area contributed by atoms with Crippen LogP contribution in [-0.2, 0) is 11.2 Å². The fraction of sp³-hybridized carbons (Fsp3) is 0.133. The van der Waals surface area contributed by atoms with E-state index in [2.05, 4.69) is 0 Å². The van der Waals surface area contributed by atoms with Crippen molar-refractivity contribution in [2.75, 3.05) is 11.9 Å². The van der Waals surface area contributed by atoms with Crippen molar-refractivity contribution in [2.45, 2.75) is 6.42 Å². The third kappa shape index (κ3) is 3.50. The molecule has 20 heavy (non-hydrogen) atoms.